The standard InChI is InChI=1S/C16H15Cl2N5OS/c1-9(12-5-4-11(17)8-13(12)18)20-14(24)10(2)25-16-21-15-19-6-3-7-23(15)22-16/h3-10H,1-2H3,(H,20,24)/t9-,10+/m0/s1. The van der Waals surface area contributed by atoms with Crippen molar-refractivity contribution in [3.8, 4) is 0 Å². The van der Waals surface area contributed by atoms with Crippen molar-refractivity contribution in [2.75, 3.05) is 0 Å². The summed E-state index contributed by atoms with van der Waals surface area (Å²) in [6.07, 6.45) is 3.40. The van der Waals surface area contributed by atoms with Crippen molar-refractivity contribution in [2.24, 2.45) is 0 Å². The van der Waals surface area contributed by atoms with Crippen LogP contribution in [0.1, 0.15) is 25.5 Å². The van der Waals surface area contributed by atoms with E-state index in [9.17, 15) is 4.79 Å². The first-order valence-electron chi connectivity index (χ1n) is 7.53. The van der Waals surface area contributed by atoms with Crippen LogP contribution in [0, 0.1) is 0 Å². The largest absolute Gasteiger partial charge is 0.349 e. The molecule has 0 aliphatic rings. The Morgan fingerprint density at radius 1 is 1.32 bits per heavy atom. The Morgan fingerprint density at radius 3 is 2.84 bits per heavy atom. The van der Waals surface area contributed by atoms with Gasteiger partial charge in [-0.25, -0.2) is 9.50 Å². The summed E-state index contributed by atoms with van der Waals surface area (Å²) in [5, 5.41) is 8.44. The van der Waals surface area contributed by atoms with Gasteiger partial charge in [-0.3, -0.25) is 4.79 Å². The Morgan fingerprint density at radius 2 is 2.12 bits per heavy atom. The summed E-state index contributed by atoms with van der Waals surface area (Å²) in [4.78, 5) is 20.8. The van der Waals surface area contributed by atoms with Gasteiger partial charge < -0.3 is 5.32 Å². The van der Waals surface area contributed by atoms with E-state index in [1.54, 1.807) is 42.0 Å². The number of carbonyl (C=O) groups excluding carboxylic acids is 1. The summed E-state index contributed by atoms with van der Waals surface area (Å²) >= 11 is 13.4. The number of hydrogen-bond acceptors (Lipinski definition) is 5. The highest BCUT2D eigenvalue weighted by Gasteiger charge is 2.20. The summed E-state index contributed by atoms with van der Waals surface area (Å²) in [5.41, 5.74) is 0.812. The van der Waals surface area contributed by atoms with Crippen molar-refractivity contribution in [1.82, 2.24) is 24.9 Å². The third-order valence-corrected chi connectivity index (χ3v) is 5.05. The van der Waals surface area contributed by atoms with Gasteiger partial charge in [-0.05, 0) is 37.6 Å². The minimum atomic E-state index is -0.370. The summed E-state index contributed by atoms with van der Waals surface area (Å²) in [5.74, 6) is 0.370. The predicted octanol–water partition coefficient (Wildman–Crippen LogP) is 3.79. The third-order valence-electron chi connectivity index (χ3n) is 3.54. The zero-order valence-electron chi connectivity index (χ0n) is 13.5. The summed E-state index contributed by atoms with van der Waals surface area (Å²) < 4.78 is 1.57. The Labute approximate surface area is 158 Å². The lowest BCUT2D eigenvalue weighted by Gasteiger charge is -2.18. The molecule has 0 aliphatic heterocycles. The van der Waals surface area contributed by atoms with Crippen LogP contribution in [0.5, 0.6) is 0 Å². The maximum atomic E-state index is 12.4. The van der Waals surface area contributed by atoms with Crippen molar-refractivity contribution >= 4 is 46.6 Å². The van der Waals surface area contributed by atoms with Gasteiger partial charge in [-0.15, -0.1) is 5.10 Å². The molecule has 3 aromatic rings. The number of aromatic nitrogens is 4. The van der Waals surface area contributed by atoms with Gasteiger partial charge in [-0.1, -0.05) is 41.0 Å². The fourth-order valence-electron chi connectivity index (χ4n) is 2.24. The van der Waals surface area contributed by atoms with E-state index in [4.69, 9.17) is 23.2 Å². The molecule has 9 heteroatoms. The minimum Gasteiger partial charge on any atom is -0.349 e. The van der Waals surface area contributed by atoms with E-state index in [0.717, 1.165) is 5.56 Å². The second-order valence-corrected chi connectivity index (χ2v) is 7.57. The minimum absolute atomic E-state index is 0.129. The van der Waals surface area contributed by atoms with E-state index in [0.29, 0.717) is 21.0 Å². The topological polar surface area (TPSA) is 72.2 Å². The van der Waals surface area contributed by atoms with Gasteiger partial charge in [0.2, 0.25) is 11.1 Å². The number of fused-ring (bicyclic) bond motifs is 1. The van der Waals surface area contributed by atoms with E-state index in [1.165, 1.54) is 11.8 Å². The first-order valence-corrected chi connectivity index (χ1v) is 9.17. The van der Waals surface area contributed by atoms with Gasteiger partial charge in [-0.2, -0.15) is 4.98 Å². The van der Waals surface area contributed by atoms with Crippen molar-refractivity contribution in [3.05, 3.63) is 52.3 Å². The average molecular weight is 396 g/mol. The van der Waals surface area contributed by atoms with Crippen LogP contribution in [-0.4, -0.2) is 30.7 Å². The van der Waals surface area contributed by atoms with E-state index >= 15 is 0 Å². The van der Waals surface area contributed by atoms with Crippen LogP contribution >= 0.6 is 35.0 Å². The molecule has 0 bridgehead atoms. The van der Waals surface area contributed by atoms with Crippen LogP contribution in [0.3, 0.4) is 0 Å². The van der Waals surface area contributed by atoms with Gasteiger partial charge in [0.25, 0.3) is 5.78 Å². The zero-order valence-corrected chi connectivity index (χ0v) is 15.8. The Balaban J connectivity index is 1.65. The lowest BCUT2D eigenvalue weighted by molar-refractivity contribution is -0.120. The zero-order chi connectivity index (χ0) is 18.0. The van der Waals surface area contributed by atoms with E-state index in [2.05, 4.69) is 20.4 Å². The molecule has 0 fully saturated rings. The van der Waals surface area contributed by atoms with Crippen molar-refractivity contribution in [1.29, 1.82) is 0 Å². The third kappa shape index (κ3) is 4.23. The molecule has 3 rings (SSSR count). The summed E-state index contributed by atoms with van der Waals surface area (Å²) in [7, 11) is 0. The molecule has 1 N–H and O–H groups in total. The fraction of sp³-hybridized carbons (Fsp3) is 0.250. The lowest BCUT2D eigenvalue weighted by atomic mass is 10.1. The Kier molecular flexibility index (Phi) is 5.46. The SMILES string of the molecule is C[C@H](NC(=O)[C@@H](C)Sc1nc2ncccn2n1)c1ccc(Cl)cc1Cl. The van der Waals surface area contributed by atoms with Gasteiger partial charge in [0, 0.05) is 22.4 Å². The van der Waals surface area contributed by atoms with Crippen molar-refractivity contribution < 1.29 is 4.79 Å². The molecule has 0 radical (unpaired) electrons. The van der Waals surface area contributed by atoms with Crippen LogP contribution in [0.4, 0.5) is 0 Å². The number of hydrogen-bond donors (Lipinski definition) is 1. The monoisotopic (exact) mass is 395 g/mol. The molecule has 1 aromatic carbocycles. The maximum Gasteiger partial charge on any atom is 0.253 e. The van der Waals surface area contributed by atoms with E-state index < -0.39 is 0 Å². The van der Waals surface area contributed by atoms with Crippen LogP contribution in [0.15, 0.2) is 41.8 Å². The molecule has 25 heavy (non-hydrogen) atoms. The van der Waals surface area contributed by atoms with Gasteiger partial charge in [0.05, 0.1) is 11.3 Å². The molecular weight excluding hydrogens is 381 g/mol. The van der Waals surface area contributed by atoms with Crippen LogP contribution < -0.4 is 5.32 Å². The summed E-state index contributed by atoms with van der Waals surface area (Å²) in [6.45, 7) is 3.67. The quantitative estimate of drug-likeness (QED) is 0.665. The molecule has 130 valence electrons. The van der Waals surface area contributed by atoms with Gasteiger partial charge >= 0.3 is 0 Å². The average Bonchev–Trinajstić information content (AvgIpc) is 2.96. The van der Waals surface area contributed by atoms with E-state index in [-0.39, 0.29) is 17.2 Å². The number of carbonyl (C=O) groups is 1. The first-order chi connectivity index (χ1) is 11.9. The highest BCUT2D eigenvalue weighted by Crippen LogP contribution is 2.27. The molecule has 0 aliphatic carbocycles. The van der Waals surface area contributed by atoms with Crippen molar-refractivity contribution in [3.63, 3.8) is 0 Å². The number of amides is 1. The number of halogens is 2. The highest BCUT2D eigenvalue weighted by molar-refractivity contribution is 8.00. The molecule has 6 nitrogen and oxygen atoms in total. The van der Waals surface area contributed by atoms with Crippen LogP contribution in [0.25, 0.3) is 5.78 Å². The first kappa shape index (κ1) is 18.0. The number of thioether (sulfide) groups is 1. The Bertz CT molecular complexity index is 883. The number of nitrogens with zero attached hydrogens (tertiary/aromatic N) is 4. The molecule has 2 heterocycles. The van der Waals surface area contributed by atoms with Gasteiger partial charge in [0.1, 0.15) is 0 Å². The molecule has 2 aromatic heterocycles. The number of rotatable bonds is 5. The maximum absolute atomic E-state index is 12.4. The molecule has 0 unspecified atom stereocenters. The summed E-state index contributed by atoms with van der Waals surface area (Å²) in [6, 6.07) is 6.74. The molecule has 1 amide bonds. The van der Waals surface area contributed by atoms with Crippen LogP contribution in [-0.2, 0) is 4.79 Å². The van der Waals surface area contributed by atoms with E-state index in [1.807, 2.05) is 13.0 Å². The number of nitrogens with one attached hydrogen (secondary N) is 1. The Hall–Kier alpha value is -1.83. The van der Waals surface area contributed by atoms with Crippen molar-refractivity contribution in [2.45, 2.75) is 30.3 Å². The number of benzene rings is 1. The second-order valence-electron chi connectivity index (χ2n) is 5.41. The molecule has 0 saturated heterocycles. The molecular formula is C16H15Cl2N5OS. The lowest BCUT2D eigenvalue weighted by Crippen LogP contribution is -2.33. The highest BCUT2D eigenvalue weighted by atomic mass is 35.5. The smallest absolute Gasteiger partial charge is 0.253 e. The van der Waals surface area contributed by atoms with Crippen LogP contribution in [0.2, 0.25) is 10.0 Å². The normalized spacial score (nSPS) is 13.6. The predicted molar refractivity (Wildman–Crippen MR) is 99.1 cm³/mol. The second kappa shape index (κ2) is 7.59. The van der Waals surface area contributed by atoms with Gasteiger partial charge in [0.15, 0.2) is 0 Å². The fourth-order valence-corrected chi connectivity index (χ4v) is 3.57. The molecule has 0 spiro atoms. The molecule has 0 saturated carbocycles. The molecule has 2 atom stereocenters.